The van der Waals surface area contributed by atoms with Gasteiger partial charge in [0.2, 0.25) is 0 Å². The Bertz CT molecular complexity index is 2260. The lowest BCUT2D eigenvalue weighted by Crippen LogP contribution is -2.19. The van der Waals surface area contributed by atoms with E-state index >= 15 is 0 Å². The predicted molar refractivity (Wildman–Crippen MR) is 224 cm³/mol. The number of anilines is 3. The molecular formula is C52H51N. The minimum absolute atomic E-state index is 0.153. The van der Waals surface area contributed by atoms with Crippen molar-refractivity contribution in [3.63, 3.8) is 0 Å². The molecule has 53 heavy (non-hydrogen) atoms. The van der Waals surface area contributed by atoms with Crippen LogP contribution in [0.25, 0.3) is 33.4 Å². The molecule has 4 aliphatic rings. The van der Waals surface area contributed by atoms with Gasteiger partial charge in [0.05, 0.1) is 5.69 Å². The maximum Gasteiger partial charge on any atom is 0.0543 e. The van der Waals surface area contributed by atoms with Gasteiger partial charge in [-0.3, -0.25) is 0 Å². The molecular weight excluding hydrogens is 639 g/mol. The van der Waals surface area contributed by atoms with Gasteiger partial charge < -0.3 is 4.90 Å². The van der Waals surface area contributed by atoms with E-state index in [0.29, 0.717) is 5.92 Å². The molecule has 3 unspecified atom stereocenters. The van der Waals surface area contributed by atoms with E-state index in [1.54, 1.807) is 5.56 Å². The fourth-order valence-corrected chi connectivity index (χ4v) is 11.1. The Morgan fingerprint density at radius 2 is 1.23 bits per heavy atom. The highest BCUT2D eigenvalue weighted by molar-refractivity contribution is 5.99. The van der Waals surface area contributed by atoms with E-state index in [1.807, 2.05) is 0 Å². The second kappa shape index (κ2) is 13.2. The summed E-state index contributed by atoms with van der Waals surface area (Å²) in [5.74, 6) is 3.13. The smallest absolute Gasteiger partial charge is 0.0543 e. The number of hydrogen-bond acceptors (Lipinski definition) is 1. The molecule has 264 valence electrons. The highest BCUT2D eigenvalue weighted by atomic mass is 15.1. The summed E-state index contributed by atoms with van der Waals surface area (Å²) >= 11 is 0. The Hall–Kier alpha value is -4.88. The number of rotatable bonds is 7. The second-order valence-corrected chi connectivity index (χ2v) is 17.1. The van der Waals surface area contributed by atoms with Gasteiger partial charge in [0, 0.05) is 22.4 Å². The quantitative estimate of drug-likeness (QED) is 0.161. The number of hydrogen-bond donors (Lipinski definition) is 0. The molecule has 1 nitrogen and oxygen atoms in total. The van der Waals surface area contributed by atoms with Gasteiger partial charge in [-0.2, -0.15) is 0 Å². The number of benzene rings is 6. The summed E-state index contributed by atoms with van der Waals surface area (Å²) in [6.45, 7) is 4.87. The van der Waals surface area contributed by atoms with Crippen molar-refractivity contribution in [3.8, 4) is 33.4 Å². The largest absolute Gasteiger partial charge is 0.310 e. The summed E-state index contributed by atoms with van der Waals surface area (Å²) in [6, 6.07) is 53.4. The normalized spacial score (nSPS) is 21.4. The zero-order chi connectivity index (χ0) is 35.5. The van der Waals surface area contributed by atoms with Crippen molar-refractivity contribution in [2.45, 2.75) is 88.9 Å². The molecule has 0 N–H and O–H groups in total. The van der Waals surface area contributed by atoms with Gasteiger partial charge in [-0.1, -0.05) is 149 Å². The maximum absolute atomic E-state index is 2.65. The molecule has 0 radical (unpaired) electrons. The molecule has 0 saturated heterocycles. The number of nitrogens with zero attached hydrogens (tertiary/aromatic N) is 1. The molecule has 3 fully saturated rings. The van der Waals surface area contributed by atoms with Crippen LogP contribution in [0.1, 0.15) is 106 Å². The van der Waals surface area contributed by atoms with Crippen LogP contribution in [0.2, 0.25) is 0 Å². The van der Waals surface area contributed by atoms with Crippen molar-refractivity contribution >= 4 is 17.1 Å². The van der Waals surface area contributed by atoms with Crippen LogP contribution in [0.4, 0.5) is 17.1 Å². The summed E-state index contributed by atoms with van der Waals surface area (Å²) in [7, 11) is 0. The molecule has 3 atom stereocenters. The van der Waals surface area contributed by atoms with E-state index in [0.717, 1.165) is 17.8 Å². The van der Waals surface area contributed by atoms with Crippen LogP contribution in [-0.2, 0) is 5.41 Å². The van der Waals surface area contributed by atoms with Crippen LogP contribution in [0.15, 0.2) is 140 Å². The van der Waals surface area contributed by atoms with Crippen molar-refractivity contribution < 1.29 is 0 Å². The molecule has 0 heterocycles. The minimum atomic E-state index is -0.153. The maximum atomic E-state index is 2.65. The fraction of sp³-hybridized carbons (Fsp3) is 0.308. The lowest BCUT2D eigenvalue weighted by atomic mass is 9.81. The van der Waals surface area contributed by atoms with E-state index in [-0.39, 0.29) is 5.41 Å². The molecule has 2 bridgehead atoms. The van der Waals surface area contributed by atoms with Crippen molar-refractivity contribution in [3.05, 3.63) is 162 Å². The first-order valence-electron chi connectivity index (χ1n) is 20.5. The highest BCUT2D eigenvalue weighted by Gasteiger charge is 2.41. The van der Waals surface area contributed by atoms with E-state index in [1.165, 1.54) is 125 Å². The molecule has 10 rings (SSSR count). The first kappa shape index (κ1) is 32.7. The molecule has 4 aliphatic carbocycles. The standard InChI is InChI=1S/C52H51N/c1-52(2)47-23-14-22-43(37-17-8-4-9-18-37)51(47)46-33-45(38-19-10-5-11-20-38)50(34-48(46)52)53(49-24-13-12-21-42(49)36-15-6-3-7-16-36)41-29-27-39(28-30-41)44-32-35-25-26-40(44)31-35/h4-5,8-14,17-24,27-30,33-36,40,44H,3,6-7,15-16,25-26,31-32H2,1-2H3. The van der Waals surface area contributed by atoms with Crippen LogP contribution >= 0.6 is 0 Å². The zero-order valence-corrected chi connectivity index (χ0v) is 31.4. The number of para-hydroxylation sites is 1. The first-order valence-corrected chi connectivity index (χ1v) is 20.5. The lowest BCUT2D eigenvalue weighted by Gasteiger charge is -2.34. The Balaban J connectivity index is 1.21. The van der Waals surface area contributed by atoms with Crippen LogP contribution in [0.5, 0.6) is 0 Å². The SMILES string of the molecule is CC1(C)c2cc(N(c3ccc(C4CC5CCC4C5)cc3)c3ccccc3C3CCCCC3)c(-c3ccccc3)cc2-c2c(-c3ccccc3)cccc21. The predicted octanol–water partition coefficient (Wildman–Crippen LogP) is 14.7. The Morgan fingerprint density at radius 3 is 1.92 bits per heavy atom. The Labute approximate surface area is 316 Å². The number of fused-ring (bicyclic) bond motifs is 5. The average Bonchev–Trinajstić information content (AvgIpc) is 3.92. The Morgan fingerprint density at radius 1 is 0.528 bits per heavy atom. The molecule has 6 aromatic carbocycles. The third-order valence-corrected chi connectivity index (χ3v) is 13.8. The fourth-order valence-electron chi connectivity index (χ4n) is 11.1. The lowest BCUT2D eigenvalue weighted by molar-refractivity contribution is 0.420. The second-order valence-electron chi connectivity index (χ2n) is 17.1. The molecule has 0 aliphatic heterocycles. The molecule has 3 saturated carbocycles. The van der Waals surface area contributed by atoms with E-state index in [9.17, 15) is 0 Å². The minimum Gasteiger partial charge on any atom is -0.310 e. The van der Waals surface area contributed by atoms with Gasteiger partial charge in [0.1, 0.15) is 0 Å². The summed E-state index contributed by atoms with van der Waals surface area (Å²) < 4.78 is 0. The van der Waals surface area contributed by atoms with Gasteiger partial charge in [-0.25, -0.2) is 0 Å². The van der Waals surface area contributed by atoms with Crippen LogP contribution < -0.4 is 4.90 Å². The van der Waals surface area contributed by atoms with E-state index in [2.05, 4.69) is 158 Å². The monoisotopic (exact) mass is 689 g/mol. The molecule has 0 aromatic heterocycles. The van der Waals surface area contributed by atoms with Gasteiger partial charge in [-0.05, 0) is 136 Å². The van der Waals surface area contributed by atoms with Crippen LogP contribution in [-0.4, -0.2) is 0 Å². The van der Waals surface area contributed by atoms with Crippen molar-refractivity contribution in [2.75, 3.05) is 4.90 Å². The third-order valence-electron chi connectivity index (χ3n) is 13.8. The summed E-state index contributed by atoms with van der Waals surface area (Å²) in [5, 5.41) is 0. The van der Waals surface area contributed by atoms with E-state index < -0.39 is 0 Å². The summed E-state index contributed by atoms with van der Waals surface area (Å²) in [6.07, 6.45) is 12.2. The van der Waals surface area contributed by atoms with Gasteiger partial charge in [0.25, 0.3) is 0 Å². The first-order chi connectivity index (χ1) is 26.0. The summed E-state index contributed by atoms with van der Waals surface area (Å²) in [5.41, 5.74) is 17.4. The van der Waals surface area contributed by atoms with Crippen molar-refractivity contribution in [1.29, 1.82) is 0 Å². The third kappa shape index (κ3) is 5.58. The summed E-state index contributed by atoms with van der Waals surface area (Å²) in [4.78, 5) is 2.65. The van der Waals surface area contributed by atoms with Crippen LogP contribution in [0, 0.1) is 11.8 Å². The van der Waals surface area contributed by atoms with Crippen molar-refractivity contribution in [1.82, 2.24) is 0 Å². The van der Waals surface area contributed by atoms with E-state index in [4.69, 9.17) is 0 Å². The zero-order valence-electron chi connectivity index (χ0n) is 31.4. The molecule has 0 amide bonds. The average molecular weight is 690 g/mol. The topological polar surface area (TPSA) is 3.24 Å². The van der Waals surface area contributed by atoms with Gasteiger partial charge >= 0.3 is 0 Å². The Kier molecular flexibility index (Phi) is 8.16. The van der Waals surface area contributed by atoms with Gasteiger partial charge in [-0.15, -0.1) is 0 Å². The highest BCUT2D eigenvalue weighted by Crippen LogP contribution is 2.57. The van der Waals surface area contributed by atoms with Crippen LogP contribution in [0.3, 0.4) is 0 Å². The molecule has 6 aromatic rings. The molecule has 0 spiro atoms. The van der Waals surface area contributed by atoms with Gasteiger partial charge in [0.15, 0.2) is 0 Å². The van der Waals surface area contributed by atoms with Crippen molar-refractivity contribution in [2.24, 2.45) is 11.8 Å². The molecule has 1 heteroatoms.